The number of benzene rings is 2. The van der Waals surface area contributed by atoms with Crippen LogP contribution in [0.1, 0.15) is 28.8 Å². The first-order valence-electron chi connectivity index (χ1n) is 10.6. The minimum atomic E-state index is -0.565. The zero-order valence-electron chi connectivity index (χ0n) is 18.9. The summed E-state index contributed by atoms with van der Waals surface area (Å²) >= 11 is 6.36. The lowest BCUT2D eigenvalue weighted by atomic mass is 9.82. The van der Waals surface area contributed by atoms with Crippen LogP contribution in [0, 0.1) is 12.8 Å². The normalized spacial score (nSPS) is 24.2. The topological polar surface area (TPSA) is 113 Å². The second kappa shape index (κ2) is 9.26. The van der Waals surface area contributed by atoms with E-state index in [-0.39, 0.29) is 30.7 Å². The fraction of sp³-hybridized carbons (Fsp3) is 0.435. The molecule has 4 atom stereocenters. The van der Waals surface area contributed by atoms with Crippen LogP contribution in [0.25, 0.3) is 0 Å². The van der Waals surface area contributed by atoms with Crippen LogP contribution in [-0.4, -0.2) is 61.5 Å². The van der Waals surface area contributed by atoms with Gasteiger partial charge in [-0.3, -0.25) is 4.79 Å². The molecule has 2 aliphatic rings. The summed E-state index contributed by atoms with van der Waals surface area (Å²) in [5.74, 6) is 0.984. The molecule has 4 unspecified atom stereocenters. The lowest BCUT2D eigenvalue weighted by Crippen LogP contribution is -2.42. The van der Waals surface area contributed by atoms with Gasteiger partial charge in [0.2, 0.25) is 11.7 Å². The summed E-state index contributed by atoms with van der Waals surface area (Å²) in [7, 11) is 4.59. The van der Waals surface area contributed by atoms with Crippen LogP contribution in [0.3, 0.4) is 0 Å². The Balaban J connectivity index is 1.86. The summed E-state index contributed by atoms with van der Waals surface area (Å²) in [6, 6.07) is 5.51. The molecule has 0 saturated carbocycles. The van der Waals surface area contributed by atoms with E-state index in [0.717, 1.165) is 11.1 Å². The van der Waals surface area contributed by atoms with Gasteiger partial charge in [0.25, 0.3) is 0 Å². The first-order valence-corrected chi connectivity index (χ1v) is 10.9. The molecule has 4 N–H and O–H groups in total. The first kappa shape index (κ1) is 23.4. The number of nitrogens with zero attached hydrogens (tertiary/aromatic N) is 1. The highest BCUT2D eigenvalue weighted by molar-refractivity contribution is 6.31. The number of ether oxygens (including phenoxy) is 3. The number of carbonyl (C=O) groups excluding carboxylic acids is 1. The first-order chi connectivity index (χ1) is 15.9. The van der Waals surface area contributed by atoms with Gasteiger partial charge in [-0.15, -0.1) is 0 Å². The van der Waals surface area contributed by atoms with Gasteiger partial charge < -0.3 is 29.3 Å². The van der Waals surface area contributed by atoms with Gasteiger partial charge in [0.05, 0.1) is 40.0 Å². The van der Waals surface area contributed by atoms with Crippen molar-refractivity contribution >= 4 is 17.5 Å². The number of nitrogens with one attached hydrogen (secondary N) is 2. The summed E-state index contributed by atoms with van der Waals surface area (Å²) in [6.07, 6.45) is 0. The third-order valence-corrected chi connectivity index (χ3v) is 6.83. The number of carbonyl (C=O) groups is 1. The maximum Gasteiger partial charge on any atom is 0.242 e. The van der Waals surface area contributed by atoms with Crippen molar-refractivity contribution in [3.05, 3.63) is 46.0 Å². The molecule has 2 aliphatic heterocycles. The van der Waals surface area contributed by atoms with Crippen LogP contribution in [0.4, 0.5) is 0 Å². The summed E-state index contributed by atoms with van der Waals surface area (Å²) in [5.41, 5.74) is 8.35. The van der Waals surface area contributed by atoms with E-state index >= 15 is 0 Å². The number of β-amino-alcohol motifs (C(OH)–C–C–N with tert-alkyl or cyclic N) is 1. The predicted molar refractivity (Wildman–Crippen MR) is 122 cm³/mol. The molecule has 0 bridgehead atoms. The molecule has 2 fully saturated rings. The van der Waals surface area contributed by atoms with Crippen LogP contribution in [-0.2, 0) is 4.79 Å². The molecular formula is C23H28ClN3O6. The predicted octanol–water partition coefficient (Wildman–Crippen LogP) is 2.09. The van der Waals surface area contributed by atoms with Gasteiger partial charge in [-0.2, -0.15) is 0 Å². The Morgan fingerprint density at radius 3 is 2.24 bits per heavy atom. The van der Waals surface area contributed by atoms with Crippen molar-refractivity contribution in [1.29, 1.82) is 0 Å². The van der Waals surface area contributed by atoms with Crippen LogP contribution in [0.15, 0.2) is 24.3 Å². The minimum absolute atomic E-state index is 0.0912. The molecule has 2 aromatic carbocycles. The lowest BCUT2D eigenvalue weighted by Gasteiger charge is -2.32. The van der Waals surface area contributed by atoms with Gasteiger partial charge in [0.1, 0.15) is 11.8 Å². The molecule has 2 heterocycles. The molecule has 2 aromatic rings. The number of methoxy groups -OCH3 is 3. The molecule has 1 amide bonds. The van der Waals surface area contributed by atoms with Gasteiger partial charge >= 0.3 is 0 Å². The summed E-state index contributed by atoms with van der Waals surface area (Å²) in [5, 5.41) is 20.9. The third kappa shape index (κ3) is 3.85. The van der Waals surface area contributed by atoms with E-state index in [0.29, 0.717) is 27.8 Å². The maximum absolute atomic E-state index is 13.3. The molecule has 0 aliphatic carbocycles. The average molecular weight is 478 g/mol. The Morgan fingerprint density at radius 2 is 1.67 bits per heavy atom. The summed E-state index contributed by atoms with van der Waals surface area (Å²) in [6.45, 7) is 1.78. The zero-order chi connectivity index (χ0) is 23.9. The number of phenolic OH excluding ortho intramolecular Hbond substituents is 1. The van der Waals surface area contributed by atoms with Crippen molar-refractivity contribution < 1.29 is 29.2 Å². The Labute approximate surface area is 197 Å². The van der Waals surface area contributed by atoms with Crippen molar-refractivity contribution in [3.63, 3.8) is 0 Å². The average Bonchev–Trinajstić information content (AvgIpc) is 3.34. The largest absolute Gasteiger partial charge is 0.508 e. The molecule has 10 heteroatoms. The minimum Gasteiger partial charge on any atom is -0.508 e. The van der Waals surface area contributed by atoms with Gasteiger partial charge in [0, 0.05) is 23.0 Å². The van der Waals surface area contributed by atoms with Crippen molar-refractivity contribution in [1.82, 2.24) is 15.8 Å². The number of hydrazine groups is 1. The molecular weight excluding hydrogens is 450 g/mol. The summed E-state index contributed by atoms with van der Waals surface area (Å²) in [4.78, 5) is 15.0. The quantitative estimate of drug-likeness (QED) is 0.479. The number of aryl methyl sites for hydroxylation is 1. The SMILES string of the molecule is COc1cc(C2C3C(NNC3c3cc(Cl)c(C)cc3O)C(=O)N2CCO)cc(OC)c1OC. The highest BCUT2D eigenvalue weighted by Gasteiger charge is 2.56. The van der Waals surface area contributed by atoms with E-state index < -0.39 is 18.1 Å². The van der Waals surface area contributed by atoms with E-state index in [4.69, 9.17) is 25.8 Å². The van der Waals surface area contributed by atoms with Gasteiger partial charge in [-0.05, 0) is 42.3 Å². The molecule has 2 saturated heterocycles. The highest BCUT2D eigenvalue weighted by Crippen LogP contribution is 2.51. The van der Waals surface area contributed by atoms with Crippen LogP contribution in [0.2, 0.25) is 5.02 Å². The van der Waals surface area contributed by atoms with E-state index in [9.17, 15) is 15.0 Å². The maximum atomic E-state index is 13.3. The van der Waals surface area contributed by atoms with E-state index in [1.54, 1.807) is 17.0 Å². The lowest BCUT2D eigenvalue weighted by molar-refractivity contribution is -0.131. The van der Waals surface area contributed by atoms with Crippen LogP contribution in [0.5, 0.6) is 23.0 Å². The number of aromatic hydroxyl groups is 1. The fourth-order valence-electron chi connectivity index (χ4n) is 4.93. The number of halogens is 1. The zero-order valence-corrected chi connectivity index (χ0v) is 19.6. The molecule has 178 valence electrons. The Kier molecular flexibility index (Phi) is 6.58. The molecule has 33 heavy (non-hydrogen) atoms. The number of rotatable bonds is 7. The number of amides is 1. The van der Waals surface area contributed by atoms with Gasteiger partial charge in [-0.25, -0.2) is 10.9 Å². The molecule has 0 aromatic heterocycles. The number of hydrogen-bond donors (Lipinski definition) is 4. The van der Waals surface area contributed by atoms with E-state index in [1.165, 1.54) is 21.3 Å². The highest BCUT2D eigenvalue weighted by atomic mass is 35.5. The number of hydrogen-bond acceptors (Lipinski definition) is 8. The number of likely N-dealkylation sites (tertiary alicyclic amines) is 1. The molecule has 0 spiro atoms. The number of aliphatic hydroxyl groups is 1. The Bertz CT molecular complexity index is 1040. The molecule has 4 rings (SSSR count). The van der Waals surface area contributed by atoms with Crippen molar-refractivity contribution in [3.8, 4) is 23.0 Å². The number of phenols is 1. The number of aliphatic hydroxyl groups excluding tert-OH is 1. The second-order valence-electron chi connectivity index (χ2n) is 8.14. The Hall–Kier alpha value is -2.72. The number of fused-ring (bicyclic) bond motifs is 1. The Morgan fingerprint density at radius 1 is 1.03 bits per heavy atom. The van der Waals surface area contributed by atoms with Gasteiger partial charge in [-0.1, -0.05) is 11.6 Å². The summed E-state index contributed by atoms with van der Waals surface area (Å²) < 4.78 is 16.5. The molecule has 0 radical (unpaired) electrons. The third-order valence-electron chi connectivity index (χ3n) is 6.43. The molecule has 9 nitrogen and oxygen atoms in total. The smallest absolute Gasteiger partial charge is 0.242 e. The van der Waals surface area contributed by atoms with Crippen LogP contribution >= 0.6 is 11.6 Å². The monoisotopic (exact) mass is 477 g/mol. The van der Waals surface area contributed by atoms with Gasteiger partial charge in [0.15, 0.2) is 11.5 Å². The van der Waals surface area contributed by atoms with Crippen molar-refractivity contribution in [2.24, 2.45) is 5.92 Å². The van der Waals surface area contributed by atoms with Crippen molar-refractivity contribution in [2.45, 2.75) is 25.0 Å². The van der Waals surface area contributed by atoms with Crippen LogP contribution < -0.4 is 25.1 Å². The van der Waals surface area contributed by atoms with E-state index in [1.807, 2.05) is 19.1 Å². The van der Waals surface area contributed by atoms with E-state index in [2.05, 4.69) is 10.9 Å². The second-order valence-corrected chi connectivity index (χ2v) is 8.55. The van der Waals surface area contributed by atoms with Crippen molar-refractivity contribution in [2.75, 3.05) is 34.5 Å². The standard InChI is InChI=1S/C23H28ClN3O6/c1-11-7-15(29)13(10-14(11)24)19-18-20(26-25-19)23(30)27(5-6-28)21(18)12-8-16(31-2)22(33-4)17(9-12)32-3/h7-10,18-21,25-26,28-29H,5-6H2,1-4H3. The fourth-order valence-corrected chi connectivity index (χ4v) is 5.10.